The van der Waals surface area contributed by atoms with E-state index in [1.54, 1.807) is 10.6 Å². The van der Waals surface area contributed by atoms with E-state index in [0.717, 1.165) is 11.3 Å². The summed E-state index contributed by atoms with van der Waals surface area (Å²) in [5, 5.41) is 8.84. The number of rotatable bonds is 10. The molecule has 0 saturated carbocycles. The van der Waals surface area contributed by atoms with Crippen LogP contribution in [-0.2, 0) is 21.7 Å². The first kappa shape index (κ1) is 36.8. The van der Waals surface area contributed by atoms with Crippen LogP contribution < -0.4 is 35.4 Å². The normalized spacial score (nSPS) is 10.9. The van der Waals surface area contributed by atoms with E-state index >= 15 is 0 Å². The molecular weight excluding hydrogens is 565 g/mol. The molecule has 4 rings (SSSR count). The van der Waals surface area contributed by atoms with Crippen LogP contribution in [0.3, 0.4) is 0 Å². The van der Waals surface area contributed by atoms with Gasteiger partial charge in [-0.3, -0.25) is 0 Å². The molecule has 0 aliphatic carbocycles. The molecule has 0 amide bonds. The minimum Gasteiger partial charge on any atom is -1.00 e. The zero-order valence-corrected chi connectivity index (χ0v) is 28.3. The summed E-state index contributed by atoms with van der Waals surface area (Å²) in [6.45, 7) is 14.0. The Morgan fingerprint density at radius 2 is 1.05 bits per heavy atom. The van der Waals surface area contributed by atoms with Crippen molar-refractivity contribution in [1.82, 2.24) is 0 Å². The predicted molar refractivity (Wildman–Crippen MR) is 162 cm³/mol. The average Bonchev–Trinajstić information content (AvgIpc) is 3.43. The second-order valence-corrected chi connectivity index (χ2v) is 15.9. The summed E-state index contributed by atoms with van der Waals surface area (Å²) in [6, 6.07) is 27.1. The maximum atomic E-state index is 2.44. The van der Waals surface area contributed by atoms with E-state index in [-0.39, 0.29) is 62.4 Å². The van der Waals surface area contributed by atoms with Crippen LogP contribution in [0.5, 0.6) is 0 Å². The molecule has 0 atom stereocenters. The molecule has 0 unspecified atom stereocenters. The van der Waals surface area contributed by atoms with Gasteiger partial charge in [-0.2, -0.15) is 12.1 Å². The van der Waals surface area contributed by atoms with Gasteiger partial charge < -0.3 is 24.8 Å². The fourth-order valence-corrected chi connectivity index (χ4v) is 10.6. The van der Waals surface area contributed by atoms with Crippen molar-refractivity contribution in [3.63, 3.8) is 0 Å². The fourth-order valence-electron chi connectivity index (χ4n) is 4.86. The second kappa shape index (κ2) is 19.0. The van der Waals surface area contributed by atoms with Crippen molar-refractivity contribution in [2.75, 3.05) is 12.3 Å². The summed E-state index contributed by atoms with van der Waals surface area (Å²) in [5.74, 6) is 0. The predicted octanol–water partition coefficient (Wildman–Crippen LogP) is 3.75. The van der Waals surface area contributed by atoms with Crippen LogP contribution >= 0.6 is 15.8 Å². The largest absolute Gasteiger partial charge is 4.00 e. The van der Waals surface area contributed by atoms with E-state index in [9.17, 15) is 0 Å². The Labute approximate surface area is 256 Å². The third kappa shape index (κ3) is 10.7. The van der Waals surface area contributed by atoms with Crippen LogP contribution in [0.1, 0.15) is 67.2 Å². The molecule has 0 aromatic heterocycles. The Bertz CT molecular complexity index is 1050. The number of hydrogen-bond acceptors (Lipinski definition) is 0. The van der Waals surface area contributed by atoms with Crippen LogP contribution in [0.4, 0.5) is 0 Å². The van der Waals surface area contributed by atoms with E-state index in [4.69, 9.17) is 0 Å². The van der Waals surface area contributed by atoms with Crippen molar-refractivity contribution >= 4 is 48.0 Å². The molecule has 4 aromatic rings. The van der Waals surface area contributed by atoms with Crippen LogP contribution in [0.2, 0.25) is 0 Å². The quantitative estimate of drug-likeness (QED) is 0.146. The van der Waals surface area contributed by atoms with Gasteiger partial charge in [0.15, 0.2) is 0 Å². The summed E-state index contributed by atoms with van der Waals surface area (Å²) in [4.78, 5) is 0. The SMILES string of the molecule is CC(C)P(c1cc2ccccc2[cH-]1)C(C)C.CCCCP(CCCC)c1cc2ccccc2[cH-]1.[Cl-].[Cl-].[Ti+4]. The molecule has 5 heteroatoms. The van der Waals surface area contributed by atoms with E-state index in [1.807, 2.05) is 0 Å². The Morgan fingerprint density at radius 1 is 0.649 bits per heavy atom. The number of halogens is 2. The van der Waals surface area contributed by atoms with Gasteiger partial charge in [-0.15, -0.1) is 80.7 Å². The number of unbranched alkanes of at least 4 members (excludes halogenated alkanes) is 2. The number of fused-ring (bicyclic) bond motifs is 2. The van der Waals surface area contributed by atoms with Gasteiger partial charge in [0.2, 0.25) is 0 Å². The Hall–Kier alpha value is -0.186. The van der Waals surface area contributed by atoms with Gasteiger partial charge in [0, 0.05) is 0 Å². The van der Waals surface area contributed by atoms with Crippen LogP contribution in [0.15, 0.2) is 72.8 Å². The maximum Gasteiger partial charge on any atom is 4.00 e. The third-order valence-electron chi connectivity index (χ3n) is 6.54. The number of hydrogen-bond donors (Lipinski definition) is 0. The molecule has 0 fully saturated rings. The third-order valence-corrected chi connectivity index (χ3v) is 12.3. The standard InChI is InChI=1S/C17H24P.C15H20P.2ClH.Ti/c1-3-5-11-18(12-6-4-2)17-13-15-9-7-8-10-16(15)14-17;1-11(2)16(12(3)4)15-9-13-7-5-6-8-14(13)10-15;;;/h7-10,13-14H,3-6,11-12H2,1-2H3;5-12H,1-4H3;2*1H;/q2*-1;;;+4/p-2. The topological polar surface area (TPSA) is 0 Å². The second-order valence-electron chi connectivity index (χ2n) is 9.97. The van der Waals surface area contributed by atoms with Crippen molar-refractivity contribution in [3.05, 3.63) is 72.8 Å². The van der Waals surface area contributed by atoms with Crippen molar-refractivity contribution in [2.24, 2.45) is 0 Å². The fraction of sp³-hybridized carbons (Fsp3) is 0.438. The van der Waals surface area contributed by atoms with Crippen LogP contribution in [0, 0.1) is 0 Å². The smallest absolute Gasteiger partial charge is 1.00 e. The van der Waals surface area contributed by atoms with Crippen molar-refractivity contribution in [3.8, 4) is 0 Å². The average molecular weight is 609 g/mol. The zero-order chi connectivity index (χ0) is 24.5. The first-order valence-corrected chi connectivity index (χ1v) is 16.5. The Balaban J connectivity index is 0.000000651. The first-order chi connectivity index (χ1) is 16.4. The summed E-state index contributed by atoms with van der Waals surface area (Å²) >= 11 is 0. The van der Waals surface area contributed by atoms with Crippen LogP contribution in [-0.4, -0.2) is 23.6 Å². The molecule has 0 radical (unpaired) electrons. The van der Waals surface area contributed by atoms with Gasteiger partial charge in [0.25, 0.3) is 0 Å². The molecule has 4 aromatic carbocycles. The Kier molecular flexibility index (Phi) is 18.9. The summed E-state index contributed by atoms with van der Waals surface area (Å²) in [5.41, 5.74) is 1.54. The molecule has 200 valence electrons. The maximum absolute atomic E-state index is 2.44. The van der Waals surface area contributed by atoms with Gasteiger partial charge in [-0.1, -0.05) is 82.4 Å². The number of benzene rings is 2. The molecule has 0 N–H and O–H groups in total. The summed E-state index contributed by atoms with van der Waals surface area (Å²) in [6.07, 6.45) is 8.26. The van der Waals surface area contributed by atoms with Crippen LogP contribution in [0.25, 0.3) is 21.5 Å². The molecule has 0 aliphatic heterocycles. The van der Waals surface area contributed by atoms with E-state index in [1.165, 1.54) is 59.6 Å². The molecule has 0 spiro atoms. The molecule has 0 heterocycles. The first-order valence-electron chi connectivity index (χ1n) is 13.3. The van der Waals surface area contributed by atoms with Crippen molar-refractivity contribution in [2.45, 2.75) is 78.5 Å². The van der Waals surface area contributed by atoms with E-state index < -0.39 is 0 Å². The monoisotopic (exact) mass is 608 g/mol. The van der Waals surface area contributed by atoms with Gasteiger partial charge >= 0.3 is 21.7 Å². The Morgan fingerprint density at radius 3 is 1.46 bits per heavy atom. The van der Waals surface area contributed by atoms with Gasteiger partial charge in [0.1, 0.15) is 0 Å². The van der Waals surface area contributed by atoms with Gasteiger partial charge in [-0.25, -0.2) is 0 Å². The van der Waals surface area contributed by atoms with E-state index in [2.05, 4.69) is 114 Å². The van der Waals surface area contributed by atoms with Crippen molar-refractivity contribution in [1.29, 1.82) is 0 Å². The summed E-state index contributed by atoms with van der Waals surface area (Å²) < 4.78 is 0. The zero-order valence-electron chi connectivity index (χ0n) is 23.5. The van der Waals surface area contributed by atoms with Gasteiger partial charge in [0.05, 0.1) is 0 Å². The molecule has 0 saturated heterocycles. The molecule has 0 nitrogen and oxygen atoms in total. The molecule has 0 bridgehead atoms. The minimum atomic E-state index is -0.0206. The molecular formula is C32H44Cl2P2Ti. The molecule has 0 aliphatic rings. The van der Waals surface area contributed by atoms with E-state index in [0.29, 0.717) is 0 Å². The molecule has 37 heavy (non-hydrogen) atoms. The van der Waals surface area contributed by atoms with Crippen molar-refractivity contribution < 1.29 is 46.5 Å². The van der Waals surface area contributed by atoms with Gasteiger partial charge in [-0.05, 0) is 36.5 Å². The minimum absolute atomic E-state index is 0. The summed E-state index contributed by atoms with van der Waals surface area (Å²) in [7, 11) is 0.0651.